The maximum absolute atomic E-state index is 14.7. The van der Waals surface area contributed by atoms with Crippen molar-refractivity contribution < 1.29 is 56.7 Å². The minimum Gasteiger partial charge on any atom is -0.496 e. The third-order valence-electron chi connectivity index (χ3n) is 14.4. The molecule has 1 aliphatic rings. The zero-order chi connectivity index (χ0) is 63.4. The van der Waals surface area contributed by atoms with E-state index in [1.807, 2.05) is 94.4 Å². The number of hydrogen-bond donors (Lipinski definition) is 0. The van der Waals surface area contributed by atoms with E-state index in [9.17, 15) is 23.6 Å². The molecule has 1 aliphatic heterocycles. The predicted octanol–water partition coefficient (Wildman–Crippen LogP) is 13.3. The number of halogens is 2. The molecule has 89 heavy (non-hydrogen) atoms. The van der Waals surface area contributed by atoms with Crippen molar-refractivity contribution in [2.24, 2.45) is 0 Å². The Balaban J connectivity index is 1.03. The number of nitrogens with zero attached hydrogens (tertiary/aromatic N) is 7. The first kappa shape index (κ1) is 64.7. The smallest absolute Gasteiger partial charge is 0.410 e. The number of aromatic nitrogens is 4. The highest BCUT2D eigenvalue weighted by atomic mass is 35.5. The molecule has 0 spiro atoms. The number of rotatable bonds is 22. The summed E-state index contributed by atoms with van der Waals surface area (Å²) >= 11 is 8.79. The van der Waals surface area contributed by atoms with E-state index in [1.165, 1.54) is 29.8 Å². The Morgan fingerprint density at radius 1 is 0.764 bits per heavy atom. The van der Waals surface area contributed by atoms with Crippen molar-refractivity contribution >= 4 is 57.3 Å². The predicted molar refractivity (Wildman–Crippen MR) is 338 cm³/mol. The molecule has 2 amide bonds. The Hall–Kier alpha value is -8.72. The lowest BCUT2D eigenvalue weighted by atomic mass is 9.94. The summed E-state index contributed by atoms with van der Waals surface area (Å²) in [6.45, 7) is 17.6. The van der Waals surface area contributed by atoms with Crippen LogP contribution in [0.25, 0.3) is 43.2 Å². The molecule has 0 bridgehead atoms. The van der Waals surface area contributed by atoms with Crippen LogP contribution in [-0.4, -0.2) is 129 Å². The van der Waals surface area contributed by atoms with Gasteiger partial charge < -0.3 is 43.0 Å². The van der Waals surface area contributed by atoms with Gasteiger partial charge >= 0.3 is 24.1 Å². The highest BCUT2D eigenvalue weighted by Crippen LogP contribution is 2.49. The number of esters is 2. The molecule has 0 radical (unpaired) electrons. The summed E-state index contributed by atoms with van der Waals surface area (Å²) < 4.78 is 56.5. The lowest BCUT2D eigenvalue weighted by Gasteiger charge is -2.35. The molecule has 1 fully saturated rings. The fraction of sp³-hybridized carbons (Fsp3) is 0.353. The van der Waals surface area contributed by atoms with Gasteiger partial charge in [-0.3, -0.25) is 9.69 Å². The molecule has 1 unspecified atom stereocenters. The van der Waals surface area contributed by atoms with Gasteiger partial charge in [0.05, 0.1) is 43.3 Å². The first-order valence-corrected chi connectivity index (χ1v) is 30.6. The number of hydrogen-bond acceptors (Lipinski definition) is 17. The van der Waals surface area contributed by atoms with Crippen LogP contribution in [0, 0.1) is 12.7 Å². The first-order chi connectivity index (χ1) is 42.6. The van der Waals surface area contributed by atoms with Gasteiger partial charge in [0.2, 0.25) is 12.0 Å². The Labute approximate surface area is 526 Å². The lowest BCUT2D eigenvalue weighted by molar-refractivity contribution is -0.154. The van der Waals surface area contributed by atoms with E-state index in [1.54, 1.807) is 87.2 Å². The summed E-state index contributed by atoms with van der Waals surface area (Å²) in [6.07, 6.45) is 0.559. The SMILES string of the molecule is CCOC(=O)C(Cc1cc(CC(=O)OC(C)(C)C)ccc1OCc1ccnc(-c2ccccc2OC)n1)Oc1ncnc2sc(-c3ccc(F)cc3)c(-c3ccc(CN(CCN4CCN(C(=O)OCc5ccccc5)CC4)C(=O)OC(C)(C)C)c(Cl)c3C)c12. The number of methoxy groups -OCH3 is 1. The van der Waals surface area contributed by atoms with Gasteiger partial charge in [-0.2, -0.15) is 0 Å². The average molecular weight is 1250 g/mol. The molecule has 21 heteroatoms. The molecule has 1 saturated heterocycles. The number of piperazine rings is 1. The van der Waals surface area contributed by atoms with Gasteiger partial charge in [-0.05, 0) is 131 Å². The normalized spacial score (nSPS) is 13.1. The van der Waals surface area contributed by atoms with Crippen LogP contribution in [0.1, 0.15) is 82.0 Å². The van der Waals surface area contributed by atoms with E-state index < -0.39 is 41.2 Å². The van der Waals surface area contributed by atoms with Crippen molar-refractivity contribution in [3.05, 3.63) is 172 Å². The van der Waals surface area contributed by atoms with Gasteiger partial charge in [-0.1, -0.05) is 90.5 Å². The molecule has 0 aliphatic carbocycles. The molecule has 5 aromatic carbocycles. The summed E-state index contributed by atoms with van der Waals surface area (Å²) in [7, 11) is 1.58. The summed E-state index contributed by atoms with van der Waals surface area (Å²) in [6, 6.07) is 33.8. The highest BCUT2D eigenvalue weighted by Gasteiger charge is 2.32. The van der Waals surface area contributed by atoms with Gasteiger partial charge in [-0.15, -0.1) is 11.3 Å². The molecule has 3 aromatic heterocycles. The topological polar surface area (TPSA) is 194 Å². The van der Waals surface area contributed by atoms with Crippen molar-refractivity contribution in [2.45, 2.75) is 105 Å². The van der Waals surface area contributed by atoms with Crippen LogP contribution in [-0.2, 0) is 61.1 Å². The van der Waals surface area contributed by atoms with Gasteiger partial charge in [0.1, 0.15) is 52.9 Å². The number of amides is 2. The van der Waals surface area contributed by atoms with Crippen molar-refractivity contribution in [2.75, 3.05) is 53.0 Å². The third-order valence-corrected chi connectivity index (χ3v) is 16.0. The van der Waals surface area contributed by atoms with Gasteiger partial charge in [0, 0.05) is 67.3 Å². The van der Waals surface area contributed by atoms with Crippen LogP contribution in [0.4, 0.5) is 14.0 Å². The fourth-order valence-corrected chi connectivity index (χ4v) is 11.5. The summed E-state index contributed by atoms with van der Waals surface area (Å²) in [5.41, 5.74) is 4.95. The van der Waals surface area contributed by atoms with E-state index in [4.69, 9.17) is 59.7 Å². The third kappa shape index (κ3) is 17.1. The molecular weight excluding hydrogens is 1180 g/mol. The van der Waals surface area contributed by atoms with Crippen molar-refractivity contribution in [1.82, 2.24) is 34.6 Å². The molecule has 4 heterocycles. The summed E-state index contributed by atoms with van der Waals surface area (Å²) in [4.78, 5) is 80.1. The Bertz CT molecular complexity index is 3790. The van der Waals surface area contributed by atoms with Gasteiger partial charge in [-0.25, -0.2) is 38.7 Å². The van der Waals surface area contributed by atoms with Crippen molar-refractivity contribution in [1.29, 1.82) is 0 Å². The van der Waals surface area contributed by atoms with E-state index in [0.29, 0.717) is 127 Å². The molecule has 0 saturated carbocycles. The second-order valence-corrected chi connectivity index (χ2v) is 24.7. The monoisotopic (exact) mass is 1250 g/mol. The Kier molecular flexibility index (Phi) is 21.1. The second kappa shape index (κ2) is 29.1. The molecule has 466 valence electrons. The maximum Gasteiger partial charge on any atom is 0.410 e. The largest absolute Gasteiger partial charge is 0.496 e. The van der Waals surface area contributed by atoms with Crippen LogP contribution >= 0.6 is 22.9 Å². The molecule has 9 rings (SSSR count). The Morgan fingerprint density at radius 2 is 1.49 bits per heavy atom. The molecule has 1 atom stereocenters. The number of carbonyl (C=O) groups excluding carboxylic acids is 4. The lowest BCUT2D eigenvalue weighted by Crippen LogP contribution is -2.51. The average Bonchev–Trinajstić information content (AvgIpc) is 1.69. The van der Waals surface area contributed by atoms with Gasteiger partial charge in [0.25, 0.3) is 0 Å². The van der Waals surface area contributed by atoms with E-state index in [2.05, 4.69) is 9.88 Å². The zero-order valence-electron chi connectivity index (χ0n) is 51.5. The maximum atomic E-state index is 14.7. The highest BCUT2D eigenvalue weighted by molar-refractivity contribution is 7.22. The fourth-order valence-electron chi connectivity index (χ4n) is 10.1. The summed E-state index contributed by atoms with van der Waals surface area (Å²) in [5.74, 6) is -0.105. The molecule has 8 aromatic rings. The molecule has 18 nitrogen and oxygen atoms in total. The van der Waals surface area contributed by atoms with E-state index in [0.717, 1.165) is 5.56 Å². The second-order valence-electron chi connectivity index (χ2n) is 23.3. The van der Waals surface area contributed by atoms with Crippen LogP contribution in [0.2, 0.25) is 5.02 Å². The van der Waals surface area contributed by atoms with Crippen molar-refractivity contribution in [3.63, 3.8) is 0 Å². The number of thiophene rings is 1. The van der Waals surface area contributed by atoms with Crippen LogP contribution in [0.3, 0.4) is 0 Å². The zero-order valence-corrected chi connectivity index (χ0v) is 53.0. The first-order valence-electron chi connectivity index (χ1n) is 29.4. The number of carbonyl (C=O) groups is 4. The number of ether oxygens (including phenoxy) is 7. The van der Waals surface area contributed by atoms with E-state index in [-0.39, 0.29) is 51.2 Å². The number of para-hydroxylation sites is 1. The van der Waals surface area contributed by atoms with E-state index >= 15 is 0 Å². The summed E-state index contributed by atoms with van der Waals surface area (Å²) in [5, 5.41) is 0.825. The minimum atomic E-state index is -1.35. The molecule has 0 N–H and O–H groups in total. The van der Waals surface area contributed by atoms with Gasteiger partial charge in [0.15, 0.2) is 5.82 Å². The minimum absolute atomic E-state index is 0.000685. The van der Waals surface area contributed by atoms with Crippen molar-refractivity contribution in [3.8, 4) is 50.3 Å². The van der Waals surface area contributed by atoms with Crippen LogP contribution < -0.4 is 14.2 Å². The number of benzene rings is 5. The molecular formula is C68H73ClFN7O11S. The standard InChI is InChI=1S/C68H73ClFN7O11S/c1-10-83-64(79)55(38-48-36-45(37-56(78)87-67(3,4)5)20-27-53(48)84-41-50-28-29-71-61(74-50)52-18-14-15-19-54(52)82-9)86-62-58-57(60(89-63(58)73-42-72-62)46-21-24-49(70)25-22-46)51-26-23-47(59(69)43(51)2)39-77(66(81)88-68(6,7)8)35-32-75-30-33-76(34-31-75)65(80)85-40-44-16-12-11-13-17-44/h11-29,36,42,55H,10,30-35,37-41H2,1-9H3. The van der Waals surface area contributed by atoms with Crippen LogP contribution in [0.5, 0.6) is 17.4 Å². The quantitative estimate of drug-likeness (QED) is 0.0459. The van der Waals surface area contributed by atoms with Crippen LogP contribution in [0.15, 0.2) is 128 Å². The Morgan fingerprint density at radius 3 is 2.21 bits per heavy atom. The number of fused-ring (bicyclic) bond motifs is 1.